The second-order valence-electron chi connectivity index (χ2n) is 5.51. The van der Waals surface area contributed by atoms with Gasteiger partial charge in [0.15, 0.2) is 5.69 Å². The highest BCUT2D eigenvalue weighted by molar-refractivity contribution is 5.95. The number of hydrogen-bond donors (Lipinski definition) is 2. The highest BCUT2D eigenvalue weighted by Gasteiger charge is 2.16. The molecule has 0 spiro atoms. The molecular weight excluding hydrogens is 306 g/mol. The Morgan fingerprint density at radius 2 is 2.12 bits per heavy atom. The summed E-state index contributed by atoms with van der Waals surface area (Å²) in [5, 5.41) is 7.47. The number of aryl methyl sites for hydroxylation is 2. The van der Waals surface area contributed by atoms with Crippen molar-refractivity contribution >= 4 is 16.8 Å². The Kier molecular flexibility index (Phi) is 4.41. The monoisotopic (exact) mass is 325 g/mol. The van der Waals surface area contributed by atoms with Gasteiger partial charge in [-0.25, -0.2) is 4.98 Å². The van der Waals surface area contributed by atoms with E-state index in [0.29, 0.717) is 24.9 Å². The van der Waals surface area contributed by atoms with Gasteiger partial charge in [-0.3, -0.25) is 14.3 Å². The molecule has 124 valence electrons. The van der Waals surface area contributed by atoms with Crippen molar-refractivity contribution in [1.82, 2.24) is 25.1 Å². The molecule has 0 saturated carbocycles. The summed E-state index contributed by atoms with van der Waals surface area (Å²) >= 11 is 0. The van der Waals surface area contributed by atoms with Gasteiger partial charge in [0.2, 0.25) is 5.43 Å². The molecule has 0 fully saturated rings. The normalized spacial score (nSPS) is 10.9. The summed E-state index contributed by atoms with van der Waals surface area (Å²) in [6.45, 7) is 4.77. The molecule has 0 saturated heterocycles. The molecule has 2 aromatic heterocycles. The molecule has 7 nitrogen and oxygen atoms in total. The van der Waals surface area contributed by atoms with Crippen LogP contribution < -0.4 is 10.7 Å². The molecule has 0 aliphatic carbocycles. The Morgan fingerprint density at radius 1 is 1.33 bits per heavy atom. The van der Waals surface area contributed by atoms with Crippen LogP contribution in [-0.2, 0) is 13.0 Å². The zero-order valence-corrected chi connectivity index (χ0v) is 13.7. The number of nitrogens with zero attached hydrogens (tertiary/aromatic N) is 3. The van der Waals surface area contributed by atoms with Gasteiger partial charge in [-0.2, -0.15) is 5.10 Å². The number of nitrogens with one attached hydrogen (secondary N) is 2. The first-order valence-corrected chi connectivity index (χ1v) is 7.88. The molecule has 0 unspecified atom stereocenters. The molecule has 3 aromatic rings. The van der Waals surface area contributed by atoms with E-state index in [2.05, 4.69) is 20.4 Å². The topological polar surface area (TPSA) is 92.7 Å². The predicted molar refractivity (Wildman–Crippen MR) is 91.0 cm³/mol. The molecular formula is C17H19N5O2. The van der Waals surface area contributed by atoms with Gasteiger partial charge >= 0.3 is 0 Å². The number of benzene rings is 1. The van der Waals surface area contributed by atoms with E-state index in [0.717, 1.165) is 17.0 Å². The lowest BCUT2D eigenvalue weighted by Crippen LogP contribution is -2.33. The molecule has 2 heterocycles. The van der Waals surface area contributed by atoms with Gasteiger partial charge in [0, 0.05) is 36.8 Å². The first-order chi connectivity index (χ1) is 11.6. The van der Waals surface area contributed by atoms with Crippen LogP contribution in [0.4, 0.5) is 0 Å². The van der Waals surface area contributed by atoms with E-state index in [1.807, 2.05) is 26.0 Å². The number of carbonyl (C=O) groups excluding carboxylic acids is 1. The van der Waals surface area contributed by atoms with Crippen molar-refractivity contribution in [2.24, 2.45) is 0 Å². The first-order valence-electron chi connectivity index (χ1n) is 7.88. The maximum Gasteiger partial charge on any atom is 0.275 e. The van der Waals surface area contributed by atoms with Crippen LogP contribution in [0.5, 0.6) is 0 Å². The SMILES string of the molecule is CCn1nc(C(=O)NCCc2cnc(C)[nH]2)c(=O)c2ccccc21. The van der Waals surface area contributed by atoms with Gasteiger partial charge in [0.25, 0.3) is 5.91 Å². The third kappa shape index (κ3) is 3.05. The zero-order valence-electron chi connectivity index (χ0n) is 13.7. The standard InChI is InChI=1S/C17H19N5O2/c1-3-22-14-7-5-4-6-13(14)16(23)15(21-22)17(24)18-9-8-12-10-19-11(2)20-12/h4-7,10H,3,8-9H2,1-2H3,(H,18,24)(H,19,20). The van der Waals surface area contributed by atoms with Gasteiger partial charge in [0.05, 0.1) is 5.52 Å². The van der Waals surface area contributed by atoms with E-state index >= 15 is 0 Å². The van der Waals surface area contributed by atoms with E-state index in [4.69, 9.17) is 0 Å². The lowest BCUT2D eigenvalue weighted by Gasteiger charge is -2.10. The van der Waals surface area contributed by atoms with Crippen LogP contribution in [-0.4, -0.2) is 32.2 Å². The van der Waals surface area contributed by atoms with Gasteiger partial charge in [-0.1, -0.05) is 12.1 Å². The molecule has 3 rings (SSSR count). The number of hydrogen-bond acceptors (Lipinski definition) is 4. The average Bonchev–Trinajstić information content (AvgIpc) is 3.00. The van der Waals surface area contributed by atoms with Crippen LogP contribution in [0, 0.1) is 6.92 Å². The minimum atomic E-state index is -0.454. The summed E-state index contributed by atoms with van der Waals surface area (Å²) in [7, 11) is 0. The highest BCUT2D eigenvalue weighted by Crippen LogP contribution is 2.09. The Balaban J connectivity index is 1.81. The van der Waals surface area contributed by atoms with Crippen LogP contribution >= 0.6 is 0 Å². The highest BCUT2D eigenvalue weighted by atomic mass is 16.2. The number of aromatic amines is 1. The van der Waals surface area contributed by atoms with Crippen LogP contribution in [0.1, 0.15) is 28.9 Å². The number of H-pyrrole nitrogens is 1. The van der Waals surface area contributed by atoms with Crippen molar-refractivity contribution in [3.63, 3.8) is 0 Å². The fraction of sp³-hybridized carbons (Fsp3) is 0.294. The summed E-state index contributed by atoms with van der Waals surface area (Å²) in [5.74, 6) is 0.377. The van der Waals surface area contributed by atoms with E-state index in [9.17, 15) is 9.59 Å². The van der Waals surface area contributed by atoms with Crippen LogP contribution in [0.25, 0.3) is 10.9 Å². The minimum Gasteiger partial charge on any atom is -0.350 e. The molecule has 0 bridgehead atoms. The minimum absolute atomic E-state index is 0.0728. The number of para-hydroxylation sites is 1. The molecule has 0 aliphatic rings. The van der Waals surface area contributed by atoms with Gasteiger partial charge in [-0.05, 0) is 26.0 Å². The number of rotatable bonds is 5. The quantitative estimate of drug-likeness (QED) is 0.742. The first kappa shape index (κ1) is 15.9. The van der Waals surface area contributed by atoms with Crippen molar-refractivity contribution in [3.8, 4) is 0 Å². The maximum atomic E-state index is 12.5. The largest absolute Gasteiger partial charge is 0.350 e. The van der Waals surface area contributed by atoms with E-state index in [1.165, 1.54) is 0 Å². The molecule has 24 heavy (non-hydrogen) atoms. The third-order valence-corrected chi connectivity index (χ3v) is 3.81. The average molecular weight is 325 g/mol. The number of amides is 1. The number of fused-ring (bicyclic) bond motifs is 1. The van der Waals surface area contributed by atoms with Crippen molar-refractivity contribution < 1.29 is 4.79 Å². The van der Waals surface area contributed by atoms with Gasteiger partial charge < -0.3 is 10.3 Å². The molecule has 1 aromatic carbocycles. The number of imidazole rings is 1. The molecule has 7 heteroatoms. The molecule has 1 amide bonds. The zero-order chi connectivity index (χ0) is 17.1. The summed E-state index contributed by atoms with van der Waals surface area (Å²) in [6, 6.07) is 7.18. The van der Waals surface area contributed by atoms with E-state index in [1.54, 1.807) is 23.0 Å². The number of carbonyl (C=O) groups is 1. The molecule has 0 aliphatic heterocycles. The van der Waals surface area contributed by atoms with Crippen molar-refractivity contribution in [2.75, 3.05) is 6.54 Å². The Hall–Kier alpha value is -2.96. The summed E-state index contributed by atoms with van der Waals surface area (Å²) < 4.78 is 1.67. The maximum absolute atomic E-state index is 12.5. The number of aromatic nitrogens is 4. The van der Waals surface area contributed by atoms with Crippen molar-refractivity contribution in [3.05, 3.63) is 57.9 Å². The molecule has 0 radical (unpaired) electrons. The molecule has 0 atom stereocenters. The van der Waals surface area contributed by atoms with Crippen LogP contribution in [0.15, 0.2) is 35.3 Å². The summed E-state index contributed by atoms with van der Waals surface area (Å²) in [6.07, 6.45) is 2.35. The third-order valence-electron chi connectivity index (χ3n) is 3.81. The van der Waals surface area contributed by atoms with E-state index < -0.39 is 5.91 Å². The van der Waals surface area contributed by atoms with E-state index in [-0.39, 0.29) is 11.1 Å². The second kappa shape index (κ2) is 6.66. The van der Waals surface area contributed by atoms with Crippen molar-refractivity contribution in [2.45, 2.75) is 26.8 Å². The summed E-state index contributed by atoms with van der Waals surface area (Å²) in [4.78, 5) is 32.1. The molecule has 2 N–H and O–H groups in total. The fourth-order valence-electron chi connectivity index (χ4n) is 2.62. The Morgan fingerprint density at radius 3 is 2.83 bits per heavy atom. The fourth-order valence-corrected chi connectivity index (χ4v) is 2.62. The second-order valence-corrected chi connectivity index (χ2v) is 5.51. The van der Waals surface area contributed by atoms with Crippen molar-refractivity contribution in [1.29, 1.82) is 0 Å². The van der Waals surface area contributed by atoms with Gasteiger partial charge in [0.1, 0.15) is 5.82 Å². The Labute approximate surface area is 138 Å². The summed E-state index contributed by atoms with van der Waals surface area (Å²) in [5.41, 5.74) is 1.25. The van der Waals surface area contributed by atoms with Crippen LogP contribution in [0.3, 0.4) is 0 Å². The predicted octanol–water partition coefficient (Wildman–Crippen LogP) is 1.42. The lowest BCUT2D eigenvalue weighted by atomic mass is 10.2. The van der Waals surface area contributed by atoms with Crippen LogP contribution in [0.2, 0.25) is 0 Å². The Bertz CT molecular complexity index is 942. The lowest BCUT2D eigenvalue weighted by molar-refractivity contribution is 0.0946. The van der Waals surface area contributed by atoms with Gasteiger partial charge in [-0.15, -0.1) is 0 Å². The smallest absolute Gasteiger partial charge is 0.275 e.